The van der Waals surface area contributed by atoms with Crippen LogP contribution in [0.4, 0.5) is 5.69 Å². The number of carbonyl (C=O) groups is 1. The topological polar surface area (TPSA) is 83.6 Å². The van der Waals surface area contributed by atoms with E-state index in [1.807, 2.05) is 19.9 Å². The average molecular weight is 448 g/mol. The van der Waals surface area contributed by atoms with Gasteiger partial charge in [-0.15, -0.1) is 0 Å². The molecule has 0 saturated carbocycles. The van der Waals surface area contributed by atoms with E-state index in [1.165, 1.54) is 17.2 Å². The zero-order valence-corrected chi connectivity index (χ0v) is 19.2. The molecule has 1 aliphatic carbocycles. The van der Waals surface area contributed by atoms with Crippen LogP contribution < -0.4 is 5.32 Å². The fourth-order valence-corrected chi connectivity index (χ4v) is 5.03. The van der Waals surface area contributed by atoms with Crippen molar-refractivity contribution in [3.63, 3.8) is 0 Å². The molecule has 1 aromatic carbocycles. The van der Waals surface area contributed by atoms with Gasteiger partial charge in [0.15, 0.2) is 0 Å². The lowest BCUT2D eigenvalue weighted by molar-refractivity contribution is -0.111. The zero-order chi connectivity index (χ0) is 23.7. The lowest BCUT2D eigenvalue weighted by atomic mass is 9.87. The van der Waals surface area contributed by atoms with Gasteiger partial charge in [-0.1, -0.05) is 24.3 Å². The van der Waals surface area contributed by atoms with Crippen LogP contribution in [-0.4, -0.2) is 20.4 Å². The summed E-state index contributed by atoms with van der Waals surface area (Å²) >= 11 is 0. The van der Waals surface area contributed by atoms with Crippen molar-refractivity contribution >= 4 is 28.7 Å². The van der Waals surface area contributed by atoms with Crippen molar-refractivity contribution in [2.24, 2.45) is 0 Å². The van der Waals surface area contributed by atoms with Crippen LogP contribution in [0.1, 0.15) is 52.5 Å². The van der Waals surface area contributed by atoms with Crippen LogP contribution in [0.2, 0.25) is 0 Å². The monoisotopic (exact) mass is 447 g/mol. The predicted octanol–water partition coefficient (Wildman–Crippen LogP) is 5.50. The molecule has 1 amide bonds. The minimum Gasteiger partial charge on any atom is -0.321 e. The average Bonchev–Trinajstić information content (AvgIpc) is 3.16. The van der Waals surface area contributed by atoms with Gasteiger partial charge in [0, 0.05) is 23.4 Å². The van der Waals surface area contributed by atoms with Gasteiger partial charge in [-0.25, -0.2) is 4.98 Å². The molecule has 0 radical (unpaired) electrons. The number of aromatic nitrogens is 3. The number of hydrogen-bond acceptors (Lipinski definition) is 4. The highest BCUT2D eigenvalue weighted by Crippen LogP contribution is 2.39. The van der Waals surface area contributed by atoms with Crippen LogP contribution in [0, 0.1) is 25.2 Å². The summed E-state index contributed by atoms with van der Waals surface area (Å²) in [5.74, 6) is -0.279. The number of nitriles is 1. The first-order valence-electron chi connectivity index (χ1n) is 11.5. The Kier molecular flexibility index (Phi) is 5.69. The summed E-state index contributed by atoms with van der Waals surface area (Å²) in [4.78, 5) is 21.6. The van der Waals surface area contributed by atoms with Crippen molar-refractivity contribution in [3.05, 3.63) is 94.6 Å². The molecule has 1 N–H and O–H groups in total. The number of amides is 1. The third kappa shape index (κ3) is 3.86. The molecule has 3 heterocycles. The van der Waals surface area contributed by atoms with Gasteiger partial charge in [0.05, 0.1) is 29.2 Å². The van der Waals surface area contributed by atoms with Crippen molar-refractivity contribution in [1.82, 2.24) is 14.5 Å². The first-order chi connectivity index (χ1) is 16.6. The number of anilines is 1. The summed E-state index contributed by atoms with van der Waals surface area (Å²) in [6.07, 6.45) is 9.53. The Morgan fingerprint density at radius 2 is 2.09 bits per heavy atom. The van der Waals surface area contributed by atoms with Crippen molar-refractivity contribution in [2.45, 2.75) is 39.2 Å². The normalized spacial score (nSPS) is 15.3. The number of rotatable bonds is 4. The summed E-state index contributed by atoms with van der Waals surface area (Å²) in [5.41, 5.74) is 7.17. The maximum absolute atomic E-state index is 12.7. The van der Waals surface area contributed by atoms with Gasteiger partial charge in [-0.3, -0.25) is 9.78 Å². The summed E-state index contributed by atoms with van der Waals surface area (Å²) < 4.78 is 2.17. The van der Waals surface area contributed by atoms with E-state index in [0.717, 1.165) is 41.6 Å². The molecule has 34 heavy (non-hydrogen) atoms. The second-order valence-electron chi connectivity index (χ2n) is 8.69. The molecule has 0 saturated heterocycles. The molecule has 168 valence electrons. The van der Waals surface area contributed by atoms with Crippen molar-refractivity contribution < 1.29 is 4.79 Å². The summed E-state index contributed by atoms with van der Waals surface area (Å²) in [6.45, 7) is 3.99. The molecule has 6 nitrogen and oxygen atoms in total. The lowest BCUT2D eigenvalue weighted by Crippen LogP contribution is -2.19. The number of nitrogens with one attached hydrogen (secondary N) is 1. The fraction of sp³-hybridized carbons (Fsp3) is 0.214. The van der Waals surface area contributed by atoms with E-state index < -0.39 is 0 Å². The van der Waals surface area contributed by atoms with Crippen molar-refractivity contribution in [1.29, 1.82) is 5.26 Å². The van der Waals surface area contributed by atoms with Gasteiger partial charge < -0.3 is 9.88 Å². The molecule has 3 aromatic heterocycles. The van der Waals surface area contributed by atoms with Crippen LogP contribution >= 0.6 is 0 Å². The van der Waals surface area contributed by atoms with Gasteiger partial charge >= 0.3 is 0 Å². The minimum atomic E-state index is -0.279. The van der Waals surface area contributed by atoms with E-state index in [-0.39, 0.29) is 11.9 Å². The lowest BCUT2D eigenvalue weighted by Gasteiger charge is -2.28. The standard InChI is InChI=1S/C28H25N5O/c1-18-15-19(2)31-28-27(18)23(16-29)25(12-13-26(34)32-21-9-6-14-30-17-21)33(28)24-11-5-8-20-7-3-4-10-22(20)24/h3-4,6-7,9-10,12-15,17,24H,5,8,11H2,1-2H3,(H,32,34)/t24-/m0/s1. The van der Waals surface area contributed by atoms with Crippen LogP contribution in [0.25, 0.3) is 17.1 Å². The van der Waals surface area contributed by atoms with Crippen molar-refractivity contribution in [3.8, 4) is 6.07 Å². The number of hydrogen-bond donors (Lipinski definition) is 1. The molecule has 5 rings (SSSR count). The Morgan fingerprint density at radius 3 is 2.88 bits per heavy atom. The smallest absolute Gasteiger partial charge is 0.248 e. The molecular formula is C28H25N5O. The Bertz CT molecular complexity index is 1460. The number of nitrogens with zero attached hydrogens (tertiary/aromatic N) is 4. The number of benzene rings is 1. The highest BCUT2D eigenvalue weighted by molar-refractivity contribution is 6.03. The highest BCUT2D eigenvalue weighted by atomic mass is 16.1. The molecular weight excluding hydrogens is 422 g/mol. The van der Waals surface area contributed by atoms with Gasteiger partial charge in [0.25, 0.3) is 0 Å². The van der Waals surface area contributed by atoms with Gasteiger partial charge in [-0.05, 0) is 74.1 Å². The maximum Gasteiger partial charge on any atom is 0.248 e. The van der Waals surface area contributed by atoms with Gasteiger partial charge in [0.1, 0.15) is 11.7 Å². The quantitative estimate of drug-likeness (QED) is 0.419. The molecule has 1 aliphatic rings. The van der Waals surface area contributed by atoms with Gasteiger partial charge in [0.2, 0.25) is 5.91 Å². The Balaban J connectivity index is 1.68. The minimum absolute atomic E-state index is 0.0456. The Hall–Kier alpha value is -4.24. The second-order valence-corrected chi connectivity index (χ2v) is 8.69. The number of aryl methyl sites for hydroxylation is 3. The number of pyridine rings is 2. The third-order valence-corrected chi connectivity index (χ3v) is 6.40. The van der Waals surface area contributed by atoms with E-state index in [4.69, 9.17) is 4.98 Å². The highest BCUT2D eigenvalue weighted by Gasteiger charge is 2.28. The van der Waals surface area contributed by atoms with E-state index >= 15 is 0 Å². The largest absolute Gasteiger partial charge is 0.321 e. The molecule has 0 aliphatic heterocycles. The van der Waals surface area contributed by atoms with E-state index in [9.17, 15) is 10.1 Å². The molecule has 0 unspecified atom stereocenters. The number of carbonyl (C=O) groups excluding carboxylic acids is 1. The number of fused-ring (bicyclic) bond motifs is 2. The molecule has 0 bridgehead atoms. The van der Waals surface area contributed by atoms with Crippen molar-refractivity contribution in [2.75, 3.05) is 5.32 Å². The fourth-order valence-electron chi connectivity index (χ4n) is 5.03. The van der Waals surface area contributed by atoms with E-state index in [1.54, 1.807) is 30.6 Å². The maximum atomic E-state index is 12.7. The first-order valence-corrected chi connectivity index (χ1v) is 11.5. The molecule has 0 spiro atoms. The molecule has 6 heteroatoms. The summed E-state index contributed by atoms with van der Waals surface area (Å²) in [6, 6.07) is 16.5. The third-order valence-electron chi connectivity index (χ3n) is 6.40. The van der Waals surface area contributed by atoms with E-state index in [2.05, 4.69) is 45.2 Å². The molecule has 0 fully saturated rings. The molecule has 4 aromatic rings. The zero-order valence-electron chi connectivity index (χ0n) is 19.2. The summed E-state index contributed by atoms with van der Waals surface area (Å²) in [5, 5.41) is 13.9. The van der Waals surface area contributed by atoms with Crippen LogP contribution in [-0.2, 0) is 11.2 Å². The summed E-state index contributed by atoms with van der Waals surface area (Å²) in [7, 11) is 0. The molecule has 1 atom stereocenters. The van der Waals surface area contributed by atoms with Gasteiger partial charge in [-0.2, -0.15) is 5.26 Å². The van der Waals surface area contributed by atoms with Crippen LogP contribution in [0.15, 0.2) is 60.9 Å². The second kappa shape index (κ2) is 8.95. The predicted molar refractivity (Wildman–Crippen MR) is 133 cm³/mol. The first kappa shape index (κ1) is 21.6. The van der Waals surface area contributed by atoms with Crippen LogP contribution in [0.5, 0.6) is 0 Å². The van der Waals surface area contributed by atoms with E-state index in [0.29, 0.717) is 16.9 Å². The SMILES string of the molecule is Cc1cc(C)c2c(C#N)c(C=CC(=O)Nc3cccnc3)n([C@H]3CCCc4ccccc43)c2n1. The van der Waals surface area contributed by atoms with Crippen LogP contribution in [0.3, 0.4) is 0 Å². The Morgan fingerprint density at radius 1 is 1.24 bits per heavy atom. The Labute approximate surface area is 198 Å².